The van der Waals surface area contributed by atoms with Gasteiger partial charge in [-0.2, -0.15) is 0 Å². The molecular formula is C7H20O49P2. The van der Waals surface area contributed by atoms with Crippen molar-refractivity contribution in [3.05, 3.63) is 0 Å². The maximum atomic E-state index is 11.3. The summed E-state index contributed by atoms with van der Waals surface area (Å²) < 4.78 is 31.0. The van der Waals surface area contributed by atoms with E-state index in [0.717, 1.165) is 0 Å². The van der Waals surface area contributed by atoms with Gasteiger partial charge in [0.2, 0.25) is 7.37 Å². The van der Waals surface area contributed by atoms with E-state index in [0.29, 0.717) is 6.16 Å². The van der Waals surface area contributed by atoms with E-state index in [-0.39, 0.29) is 6.16 Å². The van der Waals surface area contributed by atoms with Crippen molar-refractivity contribution in [3.8, 4) is 0 Å². The summed E-state index contributed by atoms with van der Waals surface area (Å²) in [5, 5.41) is 161. The molecule has 2 atom stereocenters. The molecule has 2 unspecified atom stereocenters. The summed E-state index contributed by atoms with van der Waals surface area (Å²) in [6.07, 6.45) is 0.761. The van der Waals surface area contributed by atoms with Crippen molar-refractivity contribution >= 4 is 14.7 Å². The van der Waals surface area contributed by atoms with Crippen molar-refractivity contribution in [2.45, 2.75) is 13.8 Å². The Hall–Kier alpha value is -1.42. The highest BCUT2D eigenvalue weighted by Crippen LogP contribution is 2.42. The number of hydrogen-bond acceptors (Lipinski definition) is 49. The standard InChI is InChI=1S/C4H11O2P.C3H9O47P/c1-4-7(3,5)6-2;1-3-51(2,5)50-49-48-47-46-45-44-43-42-41-40-39-38-37-36-35-34-33-32-31-30-29-28-27-26-25-24-23-22-21-20-19-18-17-16-15-14-13-12-11-10-9-8-7-6-4/h4H2,1-3H3;4H,3H2,1-2H3. The molecule has 0 aliphatic rings. The lowest BCUT2D eigenvalue weighted by Gasteiger charge is -2.06. The van der Waals surface area contributed by atoms with E-state index in [4.69, 9.17) is 5.26 Å². The molecule has 0 aliphatic carbocycles. The maximum Gasteiger partial charge on any atom is 0.236 e. The fourth-order valence-electron chi connectivity index (χ4n) is 0.736. The third kappa shape index (κ3) is 52.6. The predicted octanol–water partition coefficient (Wildman–Crippen LogP) is -0.0452. The van der Waals surface area contributed by atoms with Crippen LogP contribution in [0.4, 0.5) is 0 Å². The van der Waals surface area contributed by atoms with E-state index in [9.17, 15) is 9.13 Å². The molecule has 0 heterocycles. The lowest BCUT2D eigenvalue weighted by Crippen LogP contribution is -2.06. The van der Waals surface area contributed by atoms with Gasteiger partial charge in [0.1, 0.15) is 0 Å². The van der Waals surface area contributed by atoms with Crippen molar-refractivity contribution in [3.63, 3.8) is 0 Å². The SMILES string of the molecule is CCP(C)(=O)OC.CCP(C)(=O)OOOOOOOOOOOOOOOOOOOOOOOOOOOOOOOOOOOOOOOOOOOOOO. The molecule has 0 saturated carbocycles. The van der Waals surface area contributed by atoms with Crippen molar-refractivity contribution in [1.29, 1.82) is 0 Å². The summed E-state index contributed by atoms with van der Waals surface area (Å²) in [7, 11) is -3.71. The van der Waals surface area contributed by atoms with Crippen molar-refractivity contribution in [2.24, 2.45) is 0 Å². The minimum Gasteiger partial charge on any atom is -0.332 e. The molecule has 0 saturated heterocycles. The Balaban J connectivity index is 0. The zero-order valence-corrected chi connectivity index (χ0v) is 29.1. The maximum absolute atomic E-state index is 11.3. The molecule has 49 nitrogen and oxygen atoms in total. The van der Waals surface area contributed by atoms with Gasteiger partial charge in [-0.3, -0.25) is 9.13 Å². The first-order valence-electron chi connectivity index (χ1n) is 11.6. The van der Waals surface area contributed by atoms with Gasteiger partial charge < -0.3 is 4.52 Å². The molecule has 352 valence electrons. The normalized spacial score (nSPS) is 13.6. The zero-order chi connectivity index (χ0) is 42.9. The third-order valence-electron chi connectivity index (χ3n) is 2.92. The molecule has 0 fully saturated rings. The third-order valence-corrected chi connectivity index (χ3v) is 6.37. The van der Waals surface area contributed by atoms with Crippen LogP contribution in [-0.2, 0) is 240 Å². The Morgan fingerprint density at radius 2 is 0.448 bits per heavy atom. The van der Waals surface area contributed by atoms with Crippen LogP contribution >= 0.6 is 14.7 Å². The van der Waals surface area contributed by atoms with Gasteiger partial charge in [-0.25, -0.2) is 5.26 Å². The molecule has 51 heteroatoms. The summed E-state index contributed by atoms with van der Waals surface area (Å²) in [6.45, 7) is 6.27. The largest absolute Gasteiger partial charge is 0.332 e. The van der Waals surface area contributed by atoms with Gasteiger partial charge in [0.15, 0.2) is 7.37 Å². The monoisotopic (exact) mass is 950 g/mol. The fourth-order valence-corrected chi connectivity index (χ4v) is 1.25. The Bertz CT molecular complexity index is 851. The van der Waals surface area contributed by atoms with Gasteiger partial charge in [-0.1, -0.05) is 13.8 Å². The van der Waals surface area contributed by atoms with Crippen molar-refractivity contribution in [2.75, 3.05) is 32.8 Å². The highest BCUT2D eigenvalue weighted by Gasteiger charge is 2.15. The Kier molecular flexibility index (Phi) is 48.8. The summed E-state index contributed by atoms with van der Waals surface area (Å²) in [4.78, 5) is 0. The predicted molar refractivity (Wildman–Crippen MR) is 107 cm³/mol. The Labute approximate surface area is 308 Å². The van der Waals surface area contributed by atoms with Crippen LogP contribution in [-0.4, -0.2) is 38.0 Å². The first-order chi connectivity index (χ1) is 28.2. The van der Waals surface area contributed by atoms with Gasteiger partial charge in [0.25, 0.3) is 0 Å². The van der Waals surface area contributed by atoms with Gasteiger partial charge in [0.05, 0.1) is 0 Å². The van der Waals surface area contributed by atoms with E-state index in [2.05, 4.69) is 231 Å². The molecule has 0 radical (unpaired) electrons. The van der Waals surface area contributed by atoms with Crippen molar-refractivity contribution < 1.29 is 245 Å². The molecule has 0 aromatic rings. The van der Waals surface area contributed by atoms with Crippen LogP contribution < -0.4 is 0 Å². The van der Waals surface area contributed by atoms with E-state index in [1.165, 1.54) is 13.8 Å². The summed E-state index contributed by atoms with van der Waals surface area (Å²) in [6, 6.07) is 0. The molecule has 1 N–H and O–H groups in total. The first kappa shape index (κ1) is 58.7. The van der Waals surface area contributed by atoms with Gasteiger partial charge in [-0.15, -0.1) is 4.67 Å². The van der Waals surface area contributed by atoms with Crippen LogP contribution in [0.25, 0.3) is 0 Å². The van der Waals surface area contributed by atoms with Crippen LogP contribution in [0.1, 0.15) is 13.8 Å². The fraction of sp³-hybridized carbons (Fsp3) is 1.00. The highest BCUT2D eigenvalue weighted by molar-refractivity contribution is 7.58. The van der Waals surface area contributed by atoms with E-state index >= 15 is 0 Å². The summed E-state index contributed by atoms with van der Waals surface area (Å²) in [5.41, 5.74) is 0. The minimum atomic E-state index is -3.03. The molecule has 0 aromatic carbocycles. The first-order valence-corrected chi connectivity index (χ1v) is 16.1. The van der Waals surface area contributed by atoms with Crippen LogP contribution in [0.5, 0.6) is 0 Å². The van der Waals surface area contributed by atoms with E-state index in [1.807, 2.05) is 6.92 Å². The van der Waals surface area contributed by atoms with Gasteiger partial charge in [0, 0.05) is 174 Å². The second-order valence-corrected chi connectivity index (χ2v) is 11.8. The molecule has 0 amide bonds. The molecule has 0 spiro atoms. The lowest BCUT2D eigenvalue weighted by atomic mass is 11.0. The summed E-state index contributed by atoms with van der Waals surface area (Å²) in [5.74, 6) is 0. The minimum absolute atomic E-state index is 0.132. The Morgan fingerprint density at radius 3 is 0.569 bits per heavy atom. The molecule has 0 aromatic heterocycles. The average molecular weight is 950 g/mol. The van der Waals surface area contributed by atoms with Crippen LogP contribution in [0.15, 0.2) is 0 Å². The van der Waals surface area contributed by atoms with Gasteiger partial charge in [-0.05, 0) is 80.6 Å². The zero-order valence-electron chi connectivity index (χ0n) is 27.4. The number of rotatable bonds is 48. The van der Waals surface area contributed by atoms with Crippen LogP contribution in [0, 0.1) is 0 Å². The van der Waals surface area contributed by atoms with E-state index < -0.39 is 14.7 Å². The second-order valence-electron chi connectivity index (χ2n) is 5.92. The van der Waals surface area contributed by atoms with Crippen molar-refractivity contribution in [1.82, 2.24) is 0 Å². The molecule has 0 rings (SSSR count). The number of hydrogen-bond donors (Lipinski definition) is 1. The average Bonchev–Trinajstić information content (AvgIpc) is 3.22. The molecule has 58 heavy (non-hydrogen) atoms. The lowest BCUT2D eigenvalue weighted by molar-refractivity contribution is -0.910. The topological polar surface area (TPSA) is 479 Å². The van der Waals surface area contributed by atoms with E-state index in [1.54, 1.807) is 13.6 Å². The molecule has 0 bridgehead atoms. The Morgan fingerprint density at radius 1 is 0.293 bits per heavy atom. The smallest absolute Gasteiger partial charge is 0.236 e. The van der Waals surface area contributed by atoms with Crippen LogP contribution in [0.3, 0.4) is 0 Å². The molecular weight excluding hydrogens is 930 g/mol. The highest BCUT2D eigenvalue weighted by atomic mass is 31.2. The second kappa shape index (κ2) is 48.2. The molecule has 0 aliphatic heterocycles. The quantitative estimate of drug-likeness (QED) is 0.0362. The van der Waals surface area contributed by atoms with Crippen LogP contribution in [0.2, 0.25) is 0 Å². The summed E-state index contributed by atoms with van der Waals surface area (Å²) >= 11 is 0. The van der Waals surface area contributed by atoms with Gasteiger partial charge >= 0.3 is 0 Å².